The molecule has 9 heteroatoms. The van der Waals surface area contributed by atoms with E-state index in [4.69, 9.17) is 9.47 Å². The van der Waals surface area contributed by atoms with Crippen LogP contribution in [0.25, 0.3) is 0 Å². The Bertz CT molecular complexity index is 642. The molecule has 0 radical (unpaired) electrons. The Morgan fingerprint density at radius 2 is 1.65 bits per heavy atom. The van der Waals surface area contributed by atoms with Gasteiger partial charge in [0.1, 0.15) is 24.2 Å². The number of nitrogens with one attached hydrogen (secondary N) is 2. The molecule has 0 saturated heterocycles. The van der Waals surface area contributed by atoms with E-state index in [0.29, 0.717) is 6.42 Å². The zero-order valence-electron chi connectivity index (χ0n) is 20.1. The lowest BCUT2D eigenvalue weighted by Crippen LogP contribution is -2.56. The van der Waals surface area contributed by atoms with Gasteiger partial charge < -0.3 is 20.1 Å². The Labute approximate surface area is 185 Å². The van der Waals surface area contributed by atoms with Crippen molar-refractivity contribution in [2.45, 2.75) is 72.6 Å². The number of methoxy groups -OCH3 is 1. The predicted octanol–water partition coefficient (Wildman–Crippen LogP) is 2.25. The lowest BCUT2D eigenvalue weighted by molar-refractivity contribution is -0.146. The fourth-order valence-corrected chi connectivity index (χ4v) is 2.65. The monoisotopic (exact) mass is 441 g/mol. The zero-order valence-corrected chi connectivity index (χ0v) is 20.1. The van der Waals surface area contributed by atoms with Gasteiger partial charge in [-0.3, -0.25) is 14.5 Å². The summed E-state index contributed by atoms with van der Waals surface area (Å²) in [6.45, 7) is 15.9. The van der Waals surface area contributed by atoms with Gasteiger partial charge in [-0.1, -0.05) is 40.2 Å². The number of ether oxygens (including phenoxy) is 2. The number of hydrogen-bond acceptors (Lipinski definition) is 6. The highest BCUT2D eigenvalue weighted by Crippen LogP contribution is 2.12. The molecule has 3 amide bonds. The van der Waals surface area contributed by atoms with Crippen LogP contribution in [0.2, 0.25) is 0 Å². The van der Waals surface area contributed by atoms with E-state index < -0.39 is 41.6 Å². The number of amides is 3. The molecule has 0 aliphatic heterocycles. The maximum Gasteiger partial charge on any atom is 0.411 e. The fraction of sp³-hybridized carbons (Fsp3) is 0.727. The summed E-state index contributed by atoms with van der Waals surface area (Å²) in [6, 6.07) is -1.72. The second-order valence-electron chi connectivity index (χ2n) is 8.83. The lowest BCUT2D eigenvalue weighted by Gasteiger charge is -2.29. The van der Waals surface area contributed by atoms with Crippen molar-refractivity contribution in [2.24, 2.45) is 11.8 Å². The standard InChI is InChI=1S/C22H39N3O6/c1-10-12-25(21(29)31-22(6,7)8)13-16(26)23-18(15(5)11-2)19(27)24-17(14(3)4)20(28)30-9/h10,14-15,17-18H,1,11-13H2,2-9H3,(H,23,26)(H,24,27)/t15-,17-,18-/m0/s1. The van der Waals surface area contributed by atoms with E-state index in [2.05, 4.69) is 17.2 Å². The second-order valence-corrected chi connectivity index (χ2v) is 8.83. The van der Waals surface area contributed by atoms with Gasteiger partial charge in [0.15, 0.2) is 0 Å². The van der Waals surface area contributed by atoms with E-state index >= 15 is 0 Å². The number of carbonyl (C=O) groups excluding carboxylic acids is 4. The number of esters is 1. The SMILES string of the molecule is C=CCN(CC(=O)N[C@H](C(=O)N[C@H](C(=O)OC)C(C)C)[C@@H](C)CC)C(=O)OC(C)(C)C. The van der Waals surface area contributed by atoms with Crippen LogP contribution in [0.3, 0.4) is 0 Å². The number of rotatable bonds is 11. The molecule has 2 N–H and O–H groups in total. The van der Waals surface area contributed by atoms with E-state index in [1.54, 1.807) is 34.6 Å². The van der Waals surface area contributed by atoms with Gasteiger partial charge in [0.25, 0.3) is 0 Å². The summed E-state index contributed by atoms with van der Waals surface area (Å²) >= 11 is 0. The average molecular weight is 442 g/mol. The van der Waals surface area contributed by atoms with Crippen LogP contribution in [-0.4, -0.2) is 66.7 Å². The molecule has 0 heterocycles. The highest BCUT2D eigenvalue weighted by molar-refractivity contribution is 5.92. The summed E-state index contributed by atoms with van der Waals surface area (Å²) < 4.78 is 10.1. The summed E-state index contributed by atoms with van der Waals surface area (Å²) in [6.07, 6.45) is 1.45. The molecule has 0 saturated carbocycles. The zero-order chi connectivity index (χ0) is 24.4. The Morgan fingerprint density at radius 1 is 1.06 bits per heavy atom. The normalized spacial score (nSPS) is 14.1. The fourth-order valence-electron chi connectivity index (χ4n) is 2.65. The maximum atomic E-state index is 12.9. The van der Waals surface area contributed by atoms with E-state index in [1.165, 1.54) is 18.1 Å². The van der Waals surface area contributed by atoms with Crippen molar-refractivity contribution in [1.29, 1.82) is 0 Å². The first-order chi connectivity index (χ1) is 14.3. The number of nitrogens with zero attached hydrogens (tertiary/aromatic N) is 1. The third-order valence-electron chi connectivity index (χ3n) is 4.57. The molecule has 0 aromatic rings. The van der Waals surface area contributed by atoms with Gasteiger partial charge in [-0.15, -0.1) is 6.58 Å². The Morgan fingerprint density at radius 3 is 2.06 bits per heavy atom. The van der Waals surface area contributed by atoms with Crippen molar-refractivity contribution < 1.29 is 28.7 Å². The Balaban J connectivity index is 5.39. The minimum Gasteiger partial charge on any atom is -0.467 e. The second kappa shape index (κ2) is 13.0. The third kappa shape index (κ3) is 10.3. The maximum absolute atomic E-state index is 12.9. The van der Waals surface area contributed by atoms with Crippen LogP contribution in [0, 0.1) is 11.8 Å². The molecule has 0 aliphatic rings. The topological polar surface area (TPSA) is 114 Å². The first-order valence-electron chi connectivity index (χ1n) is 10.5. The van der Waals surface area contributed by atoms with Crippen LogP contribution < -0.4 is 10.6 Å². The van der Waals surface area contributed by atoms with Crippen LogP contribution in [0.15, 0.2) is 12.7 Å². The minimum atomic E-state index is -0.882. The van der Waals surface area contributed by atoms with Crippen LogP contribution in [0.4, 0.5) is 4.79 Å². The predicted molar refractivity (Wildman–Crippen MR) is 118 cm³/mol. The first kappa shape index (κ1) is 28.4. The smallest absolute Gasteiger partial charge is 0.411 e. The summed E-state index contributed by atoms with van der Waals surface area (Å²) in [4.78, 5) is 51.1. The van der Waals surface area contributed by atoms with Crippen LogP contribution in [-0.2, 0) is 23.9 Å². The molecule has 0 unspecified atom stereocenters. The summed E-state index contributed by atoms with van der Waals surface area (Å²) in [5.74, 6) is -1.96. The van der Waals surface area contributed by atoms with Gasteiger partial charge in [-0.25, -0.2) is 9.59 Å². The molecule has 31 heavy (non-hydrogen) atoms. The first-order valence-corrected chi connectivity index (χ1v) is 10.5. The number of hydrogen-bond donors (Lipinski definition) is 2. The lowest BCUT2D eigenvalue weighted by atomic mass is 9.96. The van der Waals surface area contributed by atoms with Crippen molar-refractivity contribution >= 4 is 23.9 Å². The molecule has 178 valence electrons. The van der Waals surface area contributed by atoms with Crippen LogP contribution in [0.1, 0.15) is 54.9 Å². The van der Waals surface area contributed by atoms with Crippen molar-refractivity contribution in [3.05, 3.63) is 12.7 Å². The van der Waals surface area contributed by atoms with Crippen molar-refractivity contribution in [3.63, 3.8) is 0 Å². The molecule has 0 bridgehead atoms. The number of carbonyl (C=O) groups is 4. The highest BCUT2D eigenvalue weighted by atomic mass is 16.6. The highest BCUT2D eigenvalue weighted by Gasteiger charge is 2.32. The van der Waals surface area contributed by atoms with E-state index in [0.717, 1.165) is 0 Å². The summed E-state index contributed by atoms with van der Waals surface area (Å²) in [7, 11) is 1.25. The molecule has 0 rings (SSSR count). The molecule has 9 nitrogen and oxygen atoms in total. The summed E-state index contributed by atoms with van der Waals surface area (Å²) in [5, 5.41) is 5.36. The quantitative estimate of drug-likeness (QED) is 0.375. The van der Waals surface area contributed by atoms with Gasteiger partial charge in [-0.2, -0.15) is 0 Å². The molecule has 0 spiro atoms. The van der Waals surface area contributed by atoms with Crippen LogP contribution >= 0.6 is 0 Å². The molecule has 3 atom stereocenters. The summed E-state index contributed by atoms with van der Waals surface area (Å²) in [5.41, 5.74) is -0.716. The van der Waals surface area contributed by atoms with Crippen LogP contribution in [0.5, 0.6) is 0 Å². The van der Waals surface area contributed by atoms with Gasteiger partial charge in [0, 0.05) is 6.54 Å². The van der Waals surface area contributed by atoms with Crippen molar-refractivity contribution in [2.75, 3.05) is 20.2 Å². The van der Waals surface area contributed by atoms with E-state index in [-0.39, 0.29) is 24.9 Å². The Kier molecular flexibility index (Phi) is 11.9. The molecule has 0 aromatic carbocycles. The van der Waals surface area contributed by atoms with Crippen molar-refractivity contribution in [3.8, 4) is 0 Å². The minimum absolute atomic E-state index is 0.111. The van der Waals surface area contributed by atoms with Crippen molar-refractivity contribution in [1.82, 2.24) is 15.5 Å². The Hall–Kier alpha value is -2.58. The molecule has 0 fully saturated rings. The third-order valence-corrected chi connectivity index (χ3v) is 4.57. The molecular weight excluding hydrogens is 402 g/mol. The molecule has 0 aromatic heterocycles. The van der Waals surface area contributed by atoms with Gasteiger partial charge in [-0.05, 0) is 32.6 Å². The van der Waals surface area contributed by atoms with E-state index in [1.807, 2.05) is 13.8 Å². The van der Waals surface area contributed by atoms with Gasteiger partial charge >= 0.3 is 12.1 Å². The molecule has 0 aliphatic carbocycles. The van der Waals surface area contributed by atoms with E-state index in [9.17, 15) is 19.2 Å². The average Bonchev–Trinajstić information content (AvgIpc) is 2.66. The molecular formula is C22H39N3O6. The van der Waals surface area contributed by atoms with Gasteiger partial charge in [0.05, 0.1) is 7.11 Å². The van der Waals surface area contributed by atoms with Gasteiger partial charge in [0.2, 0.25) is 11.8 Å². The largest absolute Gasteiger partial charge is 0.467 e.